The van der Waals surface area contributed by atoms with Crippen molar-refractivity contribution < 1.29 is 14.3 Å². The number of rotatable bonds is 8. The SMILES string of the molecule is CC(C)(C)OC(=O)N(CC1CC1)[C@@H]1CCCN(c2ccc(C3(n4cc(-c5cncc(N6CCC7(CC7)C6)n5)nn4)COC3)nc2)C1. The topological polar surface area (TPSA) is 115 Å². The quantitative estimate of drug-likeness (QED) is 0.353. The first-order valence-electron chi connectivity index (χ1n) is 17.0. The molecule has 0 bridgehead atoms. The van der Waals surface area contributed by atoms with Crippen molar-refractivity contribution in [2.45, 2.75) is 82.9 Å². The van der Waals surface area contributed by atoms with E-state index < -0.39 is 11.1 Å². The molecule has 12 nitrogen and oxygen atoms in total. The molecule has 12 heteroatoms. The zero-order valence-corrected chi connectivity index (χ0v) is 27.3. The highest BCUT2D eigenvalue weighted by molar-refractivity contribution is 5.69. The maximum Gasteiger partial charge on any atom is 0.410 e. The van der Waals surface area contributed by atoms with Crippen molar-refractivity contribution in [2.24, 2.45) is 11.3 Å². The molecule has 244 valence electrons. The molecule has 1 amide bonds. The van der Waals surface area contributed by atoms with Crippen LogP contribution in [0.4, 0.5) is 16.3 Å². The smallest absolute Gasteiger partial charge is 0.410 e. The zero-order chi connectivity index (χ0) is 31.5. The van der Waals surface area contributed by atoms with Crippen molar-refractivity contribution >= 4 is 17.6 Å². The van der Waals surface area contributed by atoms with Crippen molar-refractivity contribution in [1.29, 1.82) is 0 Å². The number of amides is 1. The fourth-order valence-electron chi connectivity index (χ4n) is 7.19. The van der Waals surface area contributed by atoms with Crippen molar-refractivity contribution in [3.8, 4) is 11.4 Å². The molecule has 2 aliphatic carbocycles. The van der Waals surface area contributed by atoms with E-state index in [1.807, 2.05) is 48.9 Å². The highest BCUT2D eigenvalue weighted by Gasteiger charge is 2.48. The lowest BCUT2D eigenvalue weighted by Crippen LogP contribution is -2.53. The molecule has 3 saturated heterocycles. The highest BCUT2D eigenvalue weighted by atomic mass is 16.6. The Morgan fingerprint density at radius 1 is 1.04 bits per heavy atom. The molecule has 1 spiro atoms. The molecular formula is C34H45N9O3. The van der Waals surface area contributed by atoms with Gasteiger partial charge in [0, 0.05) is 32.7 Å². The van der Waals surface area contributed by atoms with Gasteiger partial charge in [-0.15, -0.1) is 5.10 Å². The lowest BCUT2D eigenvalue weighted by Gasteiger charge is -2.42. The number of anilines is 2. The Bertz CT molecular complexity index is 1570. The molecule has 0 unspecified atom stereocenters. The van der Waals surface area contributed by atoms with Crippen LogP contribution in [0.25, 0.3) is 11.4 Å². The lowest BCUT2D eigenvalue weighted by atomic mass is 9.92. The van der Waals surface area contributed by atoms with Crippen LogP contribution in [-0.2, 0) is 15.0 Å². The number of carbonyl (C=O) groups is 1. The van der Waals surface area contributed by atoms with Crippen LogP contribution in [0.15, 0.2) is 36.9 Å². The minimum Gasteiger partial charge on any atom is -0.444 e. The first kappa shape index (κ1) is 29.6. The van der Waals surface area contributed by atoms with Crippen molar-refractivity contribution in [3.05, 3.63) is 42.6 Å². The van der Waals surface area contributed by atoms with Gasteiger partial charge >= 0.3 is 6.09 Å². The van der Waals surface area contributed by atoms with Gasteiger partial charge in [0.05, 0.1) is 55.4 Å². The van der Waals surface area contributed by atoms with Crippen molar-refractivity contribution in [1.82, 2.24) is 34.8 Å². The summed E-state index contributed by atoms with van der Waals surface area (Å²) in [7, 11) is 0. The van der Waals surface area contributed by atoms with Gasteiger partial charge in [0.25, 0.3) is 0 Å². The predicted octanol–water partition coefficient (Wildman–Crippen LogP) is 4.51. The van der Waals surface area contributed by atoms with E-state index in [1.54, 1.807) is 6.20 Å². The molecule has 8 rings (SSSR count). The summed E-state index contributed by atoms with van der Waals surface area (Å²) >= 11 is 0. The van der Waals surface area contributed by atoms with Crippen LogP contribution in [0.3, 0.4) is 0 Å². The minimum absolute atomic E-state index is 0.116. The molecule has 5 aliphatic rings. The second-order valence-electron chi connectivity index (χ2n) is 15.2. The number of aromatic nitrogens is 6. The van der Waals surface area contributed by atoms with Gasteiger partial charge < -0.3 is 24.2 Å². The van der Waals surface area contributed by atoms with E-state index in [-0.39, 0.29) is 12.1 Å². The monoisotopic (exact) mass is 627 g/mol. The Morgan fingerprint density at radius 2 is 1.89 bits per heavy atom. The molecular weight excluding hydrogens is 582 g/mol. The number of piperidine rings is 1. The Kier molecular flexibility index (Phi) is 7.19. The number of carbonyl (C=O) groups excluding carboxylic acids is 1. The Balaban J connectivity index is 0.972. The molecule has 3 aromatic rings. The standard InChI is InChI=1S/C34H45N9O3/c1-32(2,3)46-31(44)42(18-24-6-7-24)26-5-4-13-40(19-26)25-8-9-29(36-15-25)34(22-45-23-34)43-20-28(38-39-43)27-16-35-17-30(37-27)41-14-12-33(21-41)10-11-33/h8-9,15-17,20,24,26H,4-7,10-14,18-19,21-23H2,1-3H3/t26-/m1/s1. The first-order chi connectivity index (χ1) is 22.2. The summed E-state index contributed by atoms with van der Waals surface area (Å²) in [6, 6.07) is 4.34. The summed E-state index contributed by atoms with van der Waals surface area (Å²) in [5.74, 6) is 1.51. The molecule has 46 heavy (non-hydrogen) atoms. The molecule has 5 fully saturated rings. The van der Waals surface area contributed by atoms with E-state index in [1.165, 1.54) is 32.1 Å². The van der Waals surface area contributed by atoms with Gasteiger partial charge in [-0.1, -0.05) is 5.21 Å². The summed E-state index contributed by atoms with van der Waals surface area (Å²) in [6.45, 7) is 11.3. The molecule has 0 radical (unpaired) electrons. The van der Waals surface area contributed by atoms with Gasteiger partial charge in [-0.2, -0.15) is 0 Å². The second kappa shape index (κ2) is 11.2. The van der Waals surface area contributed by atoms with E-state index in [0.717, 1.165) is 68.5 Å². The minimum atomic E-state index is -0.523. The van der Waals surface area contributed by atoms with Crippen LogP contribution < -0.4 is 9.80 Å². The van der Waals surface area contributed by atoms with Gasteiger partial charge in [0.15, 0.2) is 5.54 Å². The third-order valence-electron chi connectivity index (χ3n) is 10.4. The van der Waals surface area contributed by atoms with Gasteiger partial charge in [-0.3, -0.25) is 9.97 Å². The van der Waals surface area contributed by atoms with Crippen molar-refractivity contribution in [2.75, 3.05) is 55.7 Å². The fraction of sp³-hybridized carbons (Fsp3) is 0.647. The molecule has 6 heterocycles. The molecule has 3 aromatic heterocycles. The van der Waals surface area contributed by atoms with Gasteiger partial charge in [0.2, 0.25) is 0 Å². The van der Waals surface area contributed by atoms with Crippen LogP contribution in [0.5, 0.6) is 0 Å². The van der Waals surface area contributed by atoms with Gasteiger partial charge in [0.1, 0.15) is 22.8 Å². The molecule has 0 aromatic carbocycles. The summed E-state index contributed by atoms with van der Waals surface area (Å²) in [5.41, 5.74) is 2.85. The number of ether oxygens (including phenoxy) is 2. The molecule has 3 aliphatic heterocycles. The van der Waals surface area contributed by atoms with Crippen LogP contribution in [0.2, 0.25) is 0 Å². The van der Waals surface area contributed by atoms with E-state index in [9.17, 15) is 4.79 Å². The number of hydrogen-bond donors (Lipinski definition) is 0. The average Bonchev–Trinajstić information content (AvgIpc) is 3.90. The Hall–Kier alpha value is -3.80. The number of nitrogens with zero attached hydrogens (tertiary/aromatic N) is 9. The summed E-state index contributed by atoms with van der Waals surface area (Å²) in [5, 5.41) is 9.04. The molecule has 0 N–H and O–H groups in total. The molecule has 1 atom stereocenters. The Labute approximate surface area is 270 Å². The molecule has 2 saturated carbocycles. The normalized spacial score (nSPS) is 23.3. The van der Waals surface area contributed by atoms with Crippen LogP contribution in [0.1, 0.15) is 71.4 Å². The number of pyridine rings is 1. The summed E-state index contributed by atoms with van der Waals surface area (Å²) < 4.78 is 13.4. The van der Waals surface area contributed by atoms with Crippen molar-refractivity contribution in [3.63, 3.8) is 0 Å². The first-order valence-corrected chi connectivity index (χ1v) is 17.0. The van der Waals surface area contributed by atoms with Crippen LogP contribution >= 0.6 is 0 Å². The maximum atomic E-state index is 13.2. The van der Waals surface area contributed by atoms with E-state index >= 15 is 0 Å². The van der Waals surface area contributed by atoms with Gasteiger partial charge in [-0.05, 0) is 89.2 Å². The summed E-state index contributed by atoms with van der Waals surface area (Å²) in [6.07, 6.45) is 15.6. The predicted molar refractivity (Wildman–Crippen MR) is 173 cm³/mol. The average molecular weight is 628 g/mol. The largest absolute Gasteiger partial charge is 0.444 e. The zero-order valence-electron chi connectivity index (χ0n) is 27.3. The third-order valence-corrected chi connectivity index (χ3v) is 10.4. The van der Waals surface area contributed by atoms with E-state index in [0.29, 0.717) is 30.2 Å². The van der Waals surface area contributed by atoms with E-state index in [2.05, 4.69) is 37.2 Å². The Morgan fingerprint density at radius 3 is 2.57 bits per heavy atom. The van der Waals surface area contributed by atoms with Gasteiger partial charge in [-0.25, -0.2) is 14.5 Å². The lowest BCUT2D eigenvalue weighted by molar-refractivity contribution is -0.0851. The maximum absolute atomic E-state index is 13.2. The number of hydrogen-bond acceptors (Lipinski definition) is 10. The second-order valence-corrected chi connectivity index (χ2v) is 15.2. The summed E-state index contributed by atoms with van der Waals surface area (Å²) in [4.78, 5) is 34.3. The van der Waals surface area contributed by atoms with Crippen LogP contribution in [-0.4, -0.2) is 98.5 Å². The fourth-order valence-corrected chi connectivity index (χ4v) is 7.19. The van der Waals surface area contributed by atoms with Crippen LogP contribution in [0, 0.1) is 11.3 Å². The third kappa shape index (κ3) is 5.80. The highest BCUT2D eigenvalue weighted by Crippen LogP contribution is 2.53. The van der Waals surface area contributed by atoms with E-state index in [4.69, 9.17) is 19.4 Å².